The van der Waals surface area contributed by atoms with Crippen molar-refractivity contribution in [3.63, 3.8) is 0 Å². The number of rotatable bonds is 5. The number of para-hydroxylation sites is 1. The number of carbonyl (C=O) groups excluding carboxylic acids is 1. The summed E-state index contributed by atoms with van der Waals surface area (Å²) in [6.07, 6.45) is -1.36. The lowest BCUT2D eigenvalue weighted by atomic mass is 9.78. The number of nitro groups is 1. The molecule has 0 saturated carbocycles. The molecule has 1 aliphatic rings. The minimum Gasteiger partial charge on any atom is -0.444 e. The second-order valence-electron chi connectivity index (χ2n) is 6.58. The standard InChI is InChI=1S/C20H22N2O5/c1-2-15-17(12-21(25)26)16-10-6-7-11-18(16)22(19(15)23)20(24)27-13-14-8-4-3-5-9-14/h3-11,15,17,19,23H,2,12-13H2,1H3/t15-,17+,19+/m1/s1. The van der Waals surface area contributed by atoms with Crippen LogP contribution in [0.15, 0.2) is 54.6 Å². The average Bonchev–Trinajstić information content (AvgIpc) is 2.67. The summed E-state index contributed by atoms with van der Waals surface area (Å²) in [7, 11) is 0. The van der Waals surface area contributed by atoms with Crippen LogP contribution in [0.1, 0.15) is 30.4 Å². The largest absolute Gasteiger partial charge is 0.444 e. The number of carbonyl (C=O) groups is 1. The van der Waals surface area contributed by atoms with Gasteiger partial charge in [0.2, 0.25) is 6.54 Å². The molecule has 7 nitrogen and oxygen atoms in total. The van der Waals surface area contributed by atoms with Crippen molar-refractivity contribution >= 4 is 11.8 Å². The highest BCUT2D eigenvalue weighted by atomic mass is 16.6. The Morgan fingerprint density at radius 3 is 2.52 bits per heavy atom. The molecule has 0 aromatic heterocycles. The Morgan fingerprint density at radius 2 is 1.85 bits per heavy atom. The second-order valence-corrected chi connectivity index (χ2v) is 6.58. The fourth-order valence-corrected chi connectivity index (χ4v) is 3.68. The second kappa shape index (κ2) is 8.18. The third-order valence-electron chi connectivity index (χ3n) is 4.98. The van der Waals surface area contributed by atoms with Gasteiger partial charge in [-0.1, -0.05) is 55.5 Å². The monoisotopic (exact) mass is 370 g/mol. The van der Waals surface area contributed by atoms with Gasteiger partial charge < -0.3 is 9.84 Å². The Labute approximate surface area is 157 Å². The van der Waals surface area contributed by atoms with Crippen LogP contribution in [0.3, 0.4) is 0 Å². The van der Waals surface area contributed by atoms with E-state index in [1.165, 1.54) is 4.90 Å². The Bertz CT molecular complexity index is 811. The first-order chi connectivity index (χ1) is 13.0. The Morgan fingerprint density at radius 1 is 1.19 bits per heavy atom. The molecule has 7 heteroatoms. The van der Waals surface area contributed by atoms with Crippen molar-refractivity contribution in [2.75, 3.05) is 11.4 Å². The van der Waals surface area contributed by atoms with Crippen molar-refractivity contribution in [2.45, 2.75) is 32.1 Å². The van der Waals surface area contributed by atoms with Crippen LogP contribution in [0.4, 0.5) is 10.5 Å². The van der Waals surface area contributed by atoms with Gasteiger partial charge in [0, 0.05) is 10.8 Å². The van der Waals surface area contributed by atoms with E-state index in [9.17, 15) is 20.0 Å². The zero-order valence-corrected chi connectivity index (χ0v) is 15.0. The molecule has 1 amide bonds. The molecule has 0 saturated heterocycles. The van der Waals surface area contributed by atoms with E-state index in [4.69, 9.17) is 4.74 Å². The van der Waals surface area contributed by atoms with Crippen molar-refractivity contribution in [3.05, 3.63) is 75.8 Å². The van der Waals surface area contributed by atoms with E-state index in [2.05, 4.69) is 0 Å². The number of aliphatic hydroxyl groups is 1. The maximum Gasteiger partial charge on any atom is 0.416 e. The van der Waals surface area contributed by atoms with Gasteiger partial charge >= 0.3 is 6.09 Å². The van der Waals surface area contributed by atoms with Gasteiger partial charge in [0.05, 0.1) is 11.6 Å². The van der Waals surface area contributed by atoms with E-state index < -0.39 is 24.2 Å². The summed E-state index contributed by atoms with van der Waals surface area (Å²) in [6, 6.07) is 16.2. The summed E-state index contributed by atoms with van der Waals surface area (Å²) >= 11 is 0. The topological polar surface area (TPSA) is 92.9 Å². The smallest absolute Gasteiger partial charge is 0.416 e. The maximum atomic E-state index is 12.7. The molecule has 1 N–H and O–H groups in total. The first kappa shape index (κ1) is 18.8. The van der Waals surface area contributed by atoms with E-state index in [-0.39, 0.29) is 18.1 Å². The van der Waals surface area contributed by atoms with Gasteiger partial charge in [0.25, 0.3) is 0 Å². The minimum absolute atomic E-state index is 0.0835. The van der Waals surface area contributed by atoms with E-state index in [0.717, 1.165) is 5.56 Å². The van der Waals surface area contributed by atoms with E-state index in [0.29, 0.717) is 17.7 Å². The van der Waals surface area contributed by atoms with Gasteiger partial charge in [0.1, 0.15) is 12.8 Å². The molecule has 27 heavy (non-hydrogen) atoms. The molecule has 3 atom stereocenters. The fraction of sp³-hybridized carbons (Fsp3) is 0.350. The molecule has 3 rings (SSSR count). The summed E-state index contributed by atoms with van der Waals surface area (Å²) < 4.78 is 5.40. The van der Waals surface area contributed by atoms with Crippen LogP contribution < -0.4 is 4.90 Å². The molecule has 0 bridgehead atoms. The van der Waals surface area contributed by atoms with Crippen LogP contribution in [-0.2, 0) is 11.3 Å². The fourth-order valence-electron chi connectivity index (χ4n) is 3.68. The summed E-state index contributed by atoms with van der Waals surface area (Å²) in [5, 5.41) is 22.0. The highest BCUT2D eigenvalue weighted by Crippen LogP contribution is 2.43. The normalized spacial score (nSPS) is 21.4. The molecule has 1 heterocycles. The summed E-state index contributed by atoms with van der Waals surface area (Å²) in [6.45, 7) is 1.64. The SMILES string of the molecule is CC[C@@H]1[C@H](C[N+](=O)[O-])c2ccccc2N(C(=O)OCc2ccccc2)[C@H]1O. The number of nitrogens with zero attached hydrogens (tertiary/aromatic N) is 2. The lowest BCUT2D eigenvalue weighted by Crippen LogP contribution is -2.51. The van der Waals surface area contributed by atoms with E-state index >= 15 is 0 Å². The molecule has 0 spiro atoms. The molecular weight excluding hydrogens is 348 g/mol. The number of ether oxygens (including phenoxy) is 1. The summed E-state index contributed by atoms with van der Waals surface area (Å²) in [5.41, 5.74) is 1.98. The quantitative estimate of drug-likeness (QED) is 0.642. The molecule has 0 fully saturated rings. The molecule has 1 aliphatic heterocycles. The molecule has 2 aromatic carbocycles. The first-order valence-electron chi connectivity index (χ1n) is 8.91. The Hall–Kier alpha value is -2.93. The summed E-state index contributed by atoms with van der Waals surface area (Å²) in [4.78, 5) is 24.7. The maximum absolute atomic E-state index is 12.7. The highest BCUT2D eigenvalue weighted by Gasteiger charge is 2.44. The molecule has 0 unspecified atom stereocenters. The van der Waals surface area contributed by atoms with Crippen LogP contribution in [0, 0.1) is 16.0 Å². The number of fused-ring (bicyclic) bond motifs is 1. The van der Waals surface area contributed by atoms with Gasteiger partial charge in [-0.25, -0.2) is 4.79 Å². The Balaban J connectivity index is 1.89. The molecular formula is C20H22N2O5. The Kier molecular flexibility index (Phi) is 5.71. The number of hydrogen-bond donors (Lipinski definition) is 1. The zero-order valence-electron chi connectivity index (χ0n) is 15.0. The average molecular weight is 370 g/mol. The van der Waals surface area contributed by atoms with E-state index in [1.807, 2.05) is 37.3 Å². The van der Waals surface area contributed by atoms with Crippen LogP contribution in [0.25, 0.3) is 0 Å². The minimum atomic E-state index is -1.18. The molecule has 142 valence electrons. The summed E-state index contributed by atoms with van der Waals surface area (Å²) in [5.74, 6) is -0.913. The zero-order chi connectivity index (χ0) is 19.4. The highest BCUT2D eigenvalue weighted by molar-refractivity contribution is 5.90. The molecule has 0 radical (unpaired) electrons. The lowest BCUT2D eigenvalue weighted by Gasteiger charge is -2.41. The van der Waals surface area contributed by atoms with Crippen LogP contribution in [0.5, 0.6) is 0 Å². The van der Waals surface area contributed by atoms with Crippen molar-refractivity contribution in [1.29, 1.82) is 0 Å². The first-order valence-corrected chi connectivity index (χ1v) is 8.91. The van der Waals surface area contributed by atoms with Gasteiger partial charge in [-0.15, -0.1) is 0 Å². The lowest BCUT2D eigenvalue weighted by molar-refractivity contribution is -0.485. The van der Waals surface area contributed by atoms with Crippen molar-refractivity contribution in [3.8, 4) is 0 Å². The number of amides is 1. The van der Waals surface area contributed by atoms with Gasteiger partial charge in [-0.2, -0.15) is 0 Å². The van der Waals surface area contributed by atoms with Crippen LogP contribution in [-0.4, -0.2) is 28.9 Å². The number of benzene rings is 2. The van der Waals surface area contributed by atoms with Crippen LogP contribution >= 0.6 is 0 Å². The third kappa shape index (κ3) is 3.93. The van der Waals surface area contributed by atoms with Gasteiger partial charge in [-0.3, -0.25) is 15.0 Å². The number of hydrogen-bond acceptors (Lipinski definition) is 5. The van der Waals surface area contributed by atoms with Crippen LogP contribution in [0.2, 0.25) is 0 Å². The third-order valence-corrected chi connectivity index (χ3v) is 4.98. The van der Waals surface area contributed by atoms with Crippen molar-refractivity contribution in [1.82, 2.24) is 0 Å². The van der Waals surface area contributed by atoms with E-state index in [1.54, 1.807) is 24.3 Å². The number of aliphatic hydroxyl groups excluding tert-OH is 1. The molecule has 2 aromatic rings. The molecule has 0 aliphatic carbocycles. The van der Waals surface area contributed by atoms with Crippen molar-refractivity contribution < 1.29 is 19.6 Å². The van der Waals surface area contributed by atoms with Crippen molar-refractivity contribution in [2.24, 2.45) is 5.92 Å². The number of anilines is 1. The predicted molar refractivity (Wildman–Crippen MR) is 99.9 cm³/mol. The predicted octanol–water partition coefficient (Wildman–Crippen LogP) is 3.55. The van der Waals surface area contributed by atoms with Gasteiger partial charge in [-0.05, 0) is 23.6 Å². The van der Waals surface area contributed by atoms with Gasteiger partial charge in [0.15, 0.2) is 0 Å².